The molecular formula is C20H27N3O5. The van der Waals surface area contributed by atoms with Gasteiger partial charge in [0.25, 0.3) is 11.6 Å². The standard InChI is InChI=1S/C20H27N3O5/c1-15-6-5-11-22(13-15)19(24)14-28-20(25)16-7-8-17(18(12-16)23(26)27)21-9-3-2-4-10-21/h7-8,12,15H,2-6,9-11,13-14H2,1H3. The molecule has 1 amide bonds. The number of amides is 1. The first-order chi connectivity index (χ1) is 13.5. The van der Waals surface area contributed by atoms with Gasteiger partial charge >= 0.3 is 5.97 Å². The second kappa shape index (κ2) is 9.03. The maximum Gasteiger partial charge on any atom is 0.338 e. The van der Waals surface area contributed by atoms with Crippen molar-refractivity contribution in [3.63, 3.8) is 0 Å². The predicted molar refractivity (Wildman–Crippen MR) is 104 cm³/mol. The summed E-state index contributed by atoms with van der Waals surface area (Å²) in [6, 6.07) is 4.39. The van der Waals surface area contributed by atoms with Gasteiger partial charge < -0.3 is 14.5 Å². The summed E-state index contributed by atoms with van der Waals surface area (Å²) in [5.74, 6) is -0.496. The fourth-order valence-electron chi connectivity index (χ4n) is 3.92. The Morgan fingerprint density at radius 1 is 1.18 bits per heavy atom. The number of esters is 1. The molecule has 0 spiro atoms. The number of hydrogen-bond acceptors (Lipinski definition) is 6. The van der Waals surface area contributed by atoms with Crippen LogP contribution >= 0.6 is 0 Å². The molecule has 0 aromatic heterocycles. The van der Waals surface area contributed by atoms with E-state index in [0.717, 1.165) is 45.2 Å². The number of hydrogen-bond donors (Lipinski definition) is 0. The second-order valence-corrected chi connectivity index (χ2v) is 7.67. The molecule has 2 aliphatic rings. The van der Waals surface area contributed by atoms with Crippen LogP contribution in [0, 0.1) is 16.0 Å². The normalized spacial score (nSPS) is 20.0. The van der Waals surface area contributed by atoms with Crippen LogP contribution in [0.3, 0.4) is 0 Å². The minimum Gasteiger partial charge on any atom is -0.452 e. The first-order valence-electron chi connectivity index (χ1n) is 9.94. The second-order valence-electron chi connectivity index (χ2n) is 7.67. The highest BCUT2D eigenvalue weighted by atomic mass is 16.6. The van der Waals surface area contributed by atoms with Crippen molar-refractivity contribution >= 4 is 23.3 Å². The molecule has 3 rings (SSSR count). The van der Waals surface area contributed by atoms with E-state index in [2.05, 4.69) is 6.92 Å². The van der Waals surface area contributed by atoms with Gasteiger partial charge in [-0.15, -0.1) is 0 Å². The smallest absolute Gasteiger partial charge is 0.338 e. The van der Waals surface area contributed by atoms with E-state index >= 15 is 0 Å². The lowest BCUT2D eigenvalue weighted by Crippen LogP contribution is -2.41. The van der Waals surface area contributed by atoms with Crippen molar-refractivity contribution in [3.8, 4) is 0 Å². The topological polar surface area (TPSA) is 93.0 Å². The van der Waals surface area contributed by atoms with Crippen LogP contribution in [0.5, 0.6) is 0 Å². The molecule has 28 heavy (non-hydrogen) atoms. The molecule has 2 saturated heterocycles. The monoisotopic (exact) mass is 389 g/mol. The number of carbonyl (C=O) groups is 2. The van der Waals surface area contributed by atoms with Gasteiger partial charge in [-0.25, -0.2) is 4.79 Å². The Labute approximate surface area is 164 Å². The van der Waals surface area contributed by atoms with Crippen LogP contribution in [0.2, 0.25) is 0 Å². The van der Waals surface area contributed by atoms with Crippen LogP contribution in [-0.2, 0) is 9.53 Å². The highest BCUT2D eigenvalue weighted by Gasteiger charge is 2.25. The molecule has 0 radical (unpaired) electrons. The summed E-state index contributed by atoms with van der Waals surface area (Å²) in [6.45, 7) is 4.64. The van der Waals surface area contributed by atoms with Crippen LogP contribution in [0.4, 0.5) is 11.4 Å². The quantitative estimate of drug-likeness (QED) is 0.437. The van der Waals surface area contributed by atoms with Crippen LogP contribution in [0.15, 0.2) is 18.2 Å². The van der Waals surface area contributed by atoms with Crippen molar-refractivity contribution in [3.05, 3.63) is 33.9 Å². The van der Waals surface area contributed by atoms with Gasteiger partial charge in [0.05, 0.1) is 10.5 Å². The van der Waals surface area contributed by atoms with E-state index < -0.39 is 10.9 Å². The fourth-order valence-corrected chi connectivity index (χ4v) is 3.92. The van der Waals surface area contributed by atoms with Crippen LogP contribution in [-0.4, -0.2) is 54.5 Å². The van der Waals surface area contributed by atoms with Crippen molar-refractivity contribution < 1.29 is 19.2 Å². The molecule has 1 aromatic carbocycles. The molecule has 1 atom stereocenters. The Morgan fingerprint density at radius 2 is 1.93 bits per heavy atom. The van der Waals surface area contributed by atoms with E-state index in [1.807, 2.05) is 4.90 Å². The van der Waals surface area contributed by atoms with Gasteiger partial charge in [0.1, 0.15) is 5.69 Å². The Hall–Kier alpha value is -2.64. The Balaban J connectivity index is 1.65. The minimum atomic E-state index is -0.716. The van der Waals surface area contributed by atoms with Crippen molar-refractivity contribution in [2.45, 2.75) is 39.0 Å². The van der Waals surface area contributed by atoms with E-state index in [1.54, 1.807) is 11.0 Å². The maximum atomic E-state index is 12.3. The molecule has 0 saturated carbocycles. The van der Waals surface area contributed by atoms with Gasteiger partial charge in [-0.1, -0.05) is 6.92 Å². The molecule has 0 aliphatic carbocycles. The van der Waals surface area contributed by atoms with Gasteiger partial charge in [0.15, 0.2) is 6.61 Å². The van der Waals surface area contributed by atoms with E-state index in [1.165, 1.54) is 12.1 Å². The largest absolute Gasteiger partial charge is 0.452 e. The van der Waals surface area contributed by atoms with E-state index in [9.17, 15) is 19.7 Å². The Bertz CT molecular complexity index is 745. The summed E-state index contributed by atoms with van der Waals surface area (Å²) in [5.41, 5.74) is 0.513. The highest BCUT2D eigenvalue weighted by Crippen LogP contribution is 2.31. The van der Waals surface area contributed by atoms with Gasteiger partial charge in [0, 0.05) is 32.2 Å². The molecule has 1 aromatic rings. The van der Waals surface area contributed by atoms with E-state index in [-0.39, 0.29) is 23.8 Å². The zero-order valence-electron chi connectivity index (χ0n) is 16.3. The van der Waals surface area contributed by atoms with Gasteiger partial charge in [-0.2, -0.15) is 0 Å². The summed E-state index contributed by atoms with van der Waals surface area (Å²) in [5, 5.41) is 11.5. The predicted octanol–water partition coefficient (Wildman–Crippen LogP) is 3.00. The number of nitrogens with zero attached hydrogens (tertiary/aromatic N) is 3. The molecule has 2 heterocycles. The van der Waals surface area contributed by atoms with Gasteiger partial charge in [-0.05, 0) is 50.2 Å². The van der Waals surface area contributed by atoms with Gasteiger partial charge in [-0.3, -0.25) is 14.9 Å². The number of nitro groups is 1. The third kappa shape index (κ3) is 4.79. The van der Waals surface area contributed by atoms with Crippen molar-refractivity contribution in [2.24, 2.45) is 5.92 Å². The summed E-state index contributed by atoms with van der Waals surface area (Å²) >= 11 is 0. The number of carbonyl (C=O) groups excluding carboxylic acids is 2. The zero-order valence-corrected chi connectivity index (χ0v) is 16.3. The SMILES string of the molecule is CC1CCCN(C(=O)COC(=O)c2ccc(N3CCCCC3)c([N+](=O)[O-])c2)C1. The lowest BCUT2D eigenvalue weighted by molar-refractivity contribution is -0.384. The summed E-state index contributed by atoms with van der Waals surface area (Å²) in [6.07, 6.45) is 5.16. The highest BCUT2D eigenvalue weighted by molar-refractivity contribution is 5.93. The number of benzene rings is 1. The summed E-state index contributed by atoms with van der Waals surface area (Å²) < 4.78 is 5.13. The third-order valence-electron chi connectivity index (χ3n) is 5.44. The number of nitro benzene ring substituents is 1. The van der Waals surface area contributed by atoms with Crippen LogP contribution in [0.25, 0.3) is 0 Å². The van der Waals surface area contributed by atoms with Crippen molar-refractivity contribution in [2.75, 3.05) is 37.7 Å². The van der Waals surface area contributed by atoms with Crippen molar-refractivity contribution in [1.29, 1.82) is 0 Å². The fraction of sp³-hybridized carbons (Fsp3) is 0.600. The lowest BCUT2D eigenvalue weighted by Gasteiger charge is -2.30. The summed E-state index contributed by atoms with van der Waals surface area (Å²) in [4.78, 5) is 39.3. The number of likely N-dealkylation sites (tertiary alicyclic amines) is 1. The minimum absolute atomic E-state index is 0.0901. The molecule has 1 unspecified atom stereocenters. The molecule has 152 valence electrons. The molecule has 8 nitrogen and oxygen atoms in total. The van der Waals surface area contributed by atoms with Crippen LogP contribution < -0.4 is 4.90 Å². The average molecular weight is 389 g/mol. The molecule has 2 aliphatic heterocycles. The average Bonchev–Trinajstić information content (AvgIpc) is 2.72. The molecule has 0 bridgehead atoms. The van der Waals surface area contributed by atoms with Gasteiger partial charge in [0.2, 0.25) is 0 Å². The molecular weight excluding hydrogens is 362 g/mol. The number of anilines is 1. The number of piperidine rings is 2. The molecule has 8 heteroatoms. The maximum absolute atomic E-state index is 12.3. The summed E-state index contributed by atoms with van der Waals surface area (Å²) in [7, 11) is 0. The number of ether oxygens (including phenoxy) is 1. The zero-order chi connectivity index (χ0) is 20.1. The van der Waals surface area contributed by atoms with Crippen molar-refractivity contribution in [1.82, 2.24) is 4.90 Å². The Morgan fingerprint density at radius 3 is 2.61 bits per heavy atom. The lowest BCUT2D eigenvalue weighted by atomic mass is 10.0. The van der Waals surface area contributed by atoms with E-state index in [0.29, 0.717) is 24.7 Å². The first-order valence-corrected chi connectivity index (χ1v) is 9.94. The van der Waals surface area contributed by atoms with E-state index in [4.69, 9.17) is 4.74 Å². The van der Waals surface area contributed by atoms with Crippen LogP contribution in [0.1, 0.15) is 49.4 Å². The third-order valence-corrected chi connectivity index (χ3v) is 5.44. The first kappa shape index (κ1) is 20.1. The molecule has 0 N–H and O–H groups in total. The molecule has 2 fully saturated rings. The Kier molecular flexibility index (Phi) is 6.49. The number of rotatable bonds is 5.